The summed E-state index contributed by atoms with van der Waals surface area (Å²) in [7, 11) is 1.71. The molecule has 1 saturated heterocycles. The molecule has 0 aliphatic carbocycles. The minimum Gasteiger partial charge on any atom is -0.496 e. The summed E-state index contributed by atoms with van der Waals surface area (Å²) >= 11 is 0. The fourth-order valence-electron chi connectivity index (χ4n) is 2.04. The van der Waals surface area contributed by atoms with E-state index < -0.39 is 0 Å². The van der Waals surface area contributed by atoms with Gasteiger partial charge in [-0.05, 0) is 24.1 Å². The molecular formula is C12H18N2O. The molecule has 0 unspecified atom stereocenters. The van der Waals surface area contributed by atoms with Crippen molar-refractivity contribution in [3.63, 3.8) is 0 Å². The second kappa shape index (κ2) is 4.64. The molecule has 0 radical (unpaired) electrons. The molecule has 0 amide bonds. The van der Waals surface area contributed by atoms with E-state index in [1.54, 1.807) is 7.11 Å². The average Bonchev–Trinajstić information content (AvgIpc) is 2.30. The summed E-state index contributed by atoms with van der Waals surface area (Å²) in [5, 5.41) is 6.68. The maximum Gasteiger partial charge on any atom is 0.121 e. The molecule has 1 aliphatic heterocycles. The highest BCUT2D eigenvalue weighted by molar-refractivity contribution is 5.37. The summed E-state index contributed by atoms with van der Waals surface area (Å²) in [4.78, 5) is 0. The van der Waals surface area contributed by atoms with Gasteiger partial charge in [-0.3, -0.25) is 0 Å². The number of methoxy groups -OCH3 is 1. The molecule has 1 aromatic rings. The number of nitrogens with one attached hydrogen (secondary N) is 2. The van der Waals surface area contributed by atoms with Crippen LogP contribution in [0.3, 0.4) is 0 Å². The highest BCUT2D eigenvalue weighted by Gasteiger charge is 2.15. The quantitative estimate of drug-likeness (QED) is 0.763. The lowest BCUT2D eigenvalue weighted by atomic mass is 9.96. The van der Waals surface area contributed by atoms with Crippen LogP contribution in [0.2, 0.25) is 0 Å². The van der Waals surface area contributed by atoms with Crippen LogP contribution in [0.5, 0.6) is 5.75 Å². The number of hydrogen-bond acceptors (Lipinski definition) is 3. The molecule has 3 nitrogen and oxygen atoms in total. The first-order chi connectivity index (χ1) is 7.31. The van der Waals surface area contributed by atoms with Gasteiger partial charge in [-0.25, -0.2) is 0 Å². The van der Waals surface area contributed by atoms with E-state index in [0.29, 0.717) is 5.92 Å². The zero-order chi connectivity index (χ0) is 10.7. The smallest absolute Gasteiger partial charge is 0.121 e. The Bertz CT molecular complexity index is 332. The van der Waals surface area contributed by atoms with E-state index in [9.17, 15) is 0 Å². The summed E-state index contributed by atoms with van der Waals surface area (Å²) in [5.74, 6) is 1.54. The van der Waals surface area contributed by atoms with Crippen LogP contribution >= 0.6 is 0 Å². The van der Waals surface area contributed by atoms with Crippen LogP contribution < -0.4 is 15.4 Å². The van der Waals surface area contributed by atoms with Gasteiger partial charge in [0.25, 0.3) is 0 Å². The van der Waals surface area contributed by atoms with Crippen molar-refractivity contribution in [1.82, 2.24) is 10.6 Å². The summed E-state index contributed by atoms with van der Waals surface area (Å²) in [5.41, 5.74) is 2.59. The van der Waals surface area contributed by atoms with E-state index in [-0.39, 0.29) is 0 Å². The Labute approximate surface area is 90.8 Å². The minimum absolute atomic E-state index is 0.573. The van der Waals surface area contributed by atoms with Crippen molar-refractivity contribution in [3.8, 4) is 5.75 Å². The standard InChI is InChI=1S/C12H18N2O/c1-9-5-10(3-4-12(9)15-2)11-6-13-8-14-7-11/h3-5,11,13-14H,6-8H2,1-2H3. The third-order valence-corrected chi connectivity index (χ3v) is 2.92. The molecule has 3 heteroatoms. The number of rotatable bonds is 2. The molecule has 82 valence electrons. The third-order valence-electron chi connectivity index (χ3n) is 2.92. The SMILES string of the molecule is COc1ccc(C2CNCNC2)cc1C. The van der Waals surface area contributed by atoms with Gasteiger partial charge < -0.3 is 15.4 Å². The summed E-state index contributed by atoms with van der Waals surface area (Å²) in [6.45, 7) is 5.12. The summed E-state index contributed by atoms with van der Waals surface area (Å²) in [6.07, 6.45) is 0. The molecule has 2 rings (SSSR count). The lowest BCUT2D eigenvalue weighted by Gasteiger charge is -2.24. The third kappa shape index (κ3) is 2.30. The molecule has 0 aromatic heterocycles. The first-order valence-corrected chi connectivity index (χ1v) is 5.37. The Morgan fingerprint density at radius 2 is 2.00 bits per heavy atom. The highest BCUT2D eigenvalue weighted by atomic mass is 16.5. The van der Waals surface area contributed by atoms with Crippen molar-refractivity contribution in [2.45, 2.75) is 12.8 Å². The largest absolute Gasteiger partial charge is 0.496 e. The molecule has 0 atom stereocenters. The van der Waals surface area contributed by atoms with Gasteiger partial charge in [0.2, 0.25) is 0 Å². The van der Waals surface area contributed by atoms with Gasteiger partial charge in [0.05, 0.1) is 7.11 Å². The summed E-state index contributed by atoms with van der Waals surface area (Å²) in [6, 6.07) is 6.43. The van der Waals surface area contributed by atoms with Crippen LogP contribution in [0.15, 0.2) is 18.2 Å². The number of hydrogen-bond donors (Lipinski definition) is 2. The Balaban J connectivity index is 2.17. The second-order valence-electron chi connectivity index (χ2n) is 4.01. The van der Waals surface area contributed by atoms with Crippen molar-refractivity contribution in [2.75, 3.05) is 26.9 Å². The predicted molar refractivity (Wildman–Crippen MR) is 61.3 cm³/mol. The first kappa shape index (κ1) is 10.5. The Hall–Kier alpha value is -1.06. The minimum atomic E-state index is 0.573. The van der Waals surface area contributed by atoms with Gasteiger partial charge in [0, 0.05) is 25.7 Å². The molecule has 2 N–H and O–H groups in total. The number of benzene rings is 1. The zero-order valence-electron chi connectivity index (χ0n) is 9.34. The van der Waals surface area contributed by atoms with E-state index in [4.69, 9.17) is 4.74 Å². The van der Waals surface area contributed by atoms with Gasteiger partial charge in [0.1, 0.15) is 5.75 Å². The lowest BCUT2D eigenvalue weighted by molar-refractivity contribution is 0.410. The first-order valence-electron chi connectivity index (χ1n) is 5.37. The zero-order valence-corrected chi connectivity index (χ0v) is 9.34. The van der Waals surface area contributed by atoms with Crippen molar-refractivity contribution < 1.29 is 4.74 Å². The number of ether oxygens (including phenoxy) is 1. The van der Waals surface area contributed by atoms with E-state index >= 15 is 0 Å². The van der Waals surface area contributed by atoms with Crippen molar-refractivity contribution in [3.05, 3.63) is 29.3 Å². The van der Waals surface area contributed by atoms with E-state index in [2.05, 4.69) is 35.8 Å². The topological polar surface area (TPSA) is 33.3 Å². The normalized spacial score (nSPS) is 17.7. The second-order valence-corrected chi connectivity index (χ2v) is 4.01. The highest BCUT2D eigenvalue weighted by Crippen LogP contribution is 2.23. The number of aryl methyl sites for hydroxylation is 1. The van der Waals surface area contributed by atoms with Gasteiger partial charge in [0.15, 0.2) is 0 Å². The average molecular weight is 206 g/mol. The van der Waals surface area contributed by atoms with Crippen LogP contribution in [0.1, 0.15) is 17.0 Å². The van der Waals surface area contributed by atoms with Gasteiger partial charge >= 0.3 is 0 Å². The molecule has 1 aliphatic rings. The lowest BCUT2D eigenvalue weighted by Crippen LogP contribution is -2.42. The maximum atomic E-state index is 5.26. The molecular weight excluding hydrogens is 188 g/mol. The van der Waals surface area contributed by atoms with Crippen molar-refractivity contribution >= 4 is 0 Å². The molecule has 15 heavy (non-hydrogen) atoms. The van der Waals surface area contributed by atoms with E-state index in [1.165, 1.54) is 11.1 Å². The van der Waals surface area contributed by atoms with Crippen molar-refractivity contribution in [1.29, 1.82) is 0 Å². The fraction of sp³-hybridized carbons (Fsp3) is 0.500. The molecule has 0 saturated carbocycles. The monoisotopic (exact) mass is 206 g/mol. The van der Waals surface area contributed by atoms with Gasteiger partial charge in [-0.1, -0.05) is 12.1 Å². The fourth-order valence-corrected chi connectivity index (χ4v) is 2.04. The van der Waals surface area contributed by atoms with Crippen LogP contribution in [0.25, 0.3) is 0 Å². The van der Waals surface area contributed by atoms with E-state index in [0.717, 1.165) is 25.5 Å². The molecule has 1 fully saturated rings. The Kier molecular flexibility index (Phi) is 3.23. The molecule has 0 spiro atoms. The van der Waals surface area contributed by atoms with E-state index in [1.807, 2.05) is 0 Å². The van der Waals surface area contributed by atoms with Crippen LogP contribution in [0, 0.1) is 6.92 Å². The van der Waals surface area contributed by atoms with Gasteiger partial charge in [-0.2, -0.15) is 0 Å². The van der Waals surface area contributed by atoms with Gasteiger partial charge in [-0.15, -0.1) is 0 Å². The van der Waals surface area contributed by atoms with Crippen LogP contribution in [0.4, 0.5) is 0 Å². The Morgan fingerprint density at radius 3 is 2.60 bits per heavy atom. The van der Waals surface area contributed by atoms with Crippen LogP contribution in [-0.2, 0) is 0 Å². The summed E-state index contributed by atoms with van der Waals surface area (Å²) < 4.78 is 5.26. The Morgan fingerprint density at radius 1 is 1.27 bits per heavy atom. The van der Waals surface area contributed by atoms with Crippen molar-refractivity contribution in [2.24, 2.45) is 0 Å². The van der Waals surface area contributed by atoms with Crippen LogP contribution in [-0.4, -0.2) is 26.9 Å². The molecule has 0 bridgehead atoms. The molecule has 1 aromatic carbocycles. The predicted octanol–water partition coefficient (Wildman–Crippen LogP) is 1.24. The maximum absolute atomic E-state index is 5.26. The molecule has 1 heterocycles.